The molecule has 0 bridgehead atoms. The molecule has 0 saturated heterocycles. The van der Waals surface area contributed by atoms with Crippen LogP contribution >= 0.6 is 0 Å². The number of carbonyl (C=O) groups excluding carboxylic acids is 1. The molecule has 5 nitrogen and oxygen atoms in total. The van der Waals surface area contributed by atoms with Gasteiger partial charge in [-0.15, -0.1) is 0 Å². The Bertz CT molecular complexity index is 389. The Morgan fingerprint density at radius 3 is 2.65 bits per heavy atom. The van der Waals surface area contributed by atoms with Crippen LogP contribution in [0.5, 0.6) is 0 Å². The van der Waals surface area contributed by atoms with Gasteiger partial charge in [-0.3, -0.25) is 4.79 Å². The van der Waals surface area contributed by atoms with Gasteiger partial charge in [-0.05, 0) is 45.6 Å². The molecule has 1 rings (SSSR count). The summed E-state index contributed by atoms with van der Waals surface area (Å²) in [6.07, 6.45) is 4.95. The fourth-order valence-corrected chi connectivity index (χ4v) is 1.73. The highest BCUT2D eigenvalue weighted by Crippen LogP contribution is 2.06. The molecule has 2 N–H and O–H groups in total. The highest BCUT2D eigenvalue weighted by Gasteiger charge is 2.06. The second-order valence-electron chi connectivity index (χ2n) is 5.13. The molecule has 0 radical (unpaired) electrons. The van der Waals surface area contributed by atoms with Crippen molar-refractivity contribution in [3.05, 3.63) is 24.0 Å². The van der Waals surface area contributed by atoms with Crippen molar-refractivity contribution < 1.29 is 4.79 Å². The van der Waals surface area contributed by atoms with Gasteiger partial charge in [0.25, 0.3) is 5.91 Å². The number of nitrogens with one attached hydrogen (secondary N) is 2. The Labute approximate surface area is 121 Å². The van der Waals surface area contributed by atoms with Gasteiger partial charge in [0.2, 0.25) is 0 Å². The minimum absolute atomic E-state index is 0.108. The molecular formula is C15H26N4O. The third kappa shape index (κ3) is 6.52. The predicted octanol–water partition coefficient (Wildman–Crippen LogP) is 1.98. The van der Waals surface area contributed by atoms with Gasteiger partial charge in [-0.1, -0.05) is 13.3 Å². The van der Waals surface area contributed by atoms with Crippen LogP contribution in [0, 0.1) is 0 Å². The lowest BCUT2D eigenvalue weighted by Gasteiger charge is -2.10. The van der Waals surface area contributed by atoms with Crippen LogP contribution in [0.3, 0.4) is 0 Å². The first kappa shape index (κ1) is 16.4. The van der Waals surface area contributed by atoms with Crippen LogP contribution in [-0.4, -0.2) is 49.5 Å². The van der Waals surface area contributed by atoms with Gasteiger partial charge in [0.05, 0.1) is 11.9 Å². The number of aromatic nitrogens is 1. The summed E-state index contributed by atoms with van der Waals surface area (Å²) >= 11 is 0. The van der Waals surface area contributed by atoms with Gasteiger partial charge in [0.1, 0.15) is 5.69 Å². The number of nitrogens with zero attached hydrogens (tertiary/aromatic N) is 2. The van der Waals surface area contributed by atoms with E-state index >= 15 is 0 Å². The molecule has 1 amide bonds. The van der Waals surface area contributed by atoms with Crippen molar-refractivity contribution in [2.45, 2.75) is 26.2 Å². The molecule has 0 unspecified atom stereocenters. The molecule has 1 aromatic heterocycles. The molecule has 0 fully saturated rings. The van der Waals surface area contributed by atoms with Crippen LogP contribution in [-0.2, 0) is 0 Å². The minimum atomic E-state index is -0.108. The number of rotatable bonds is 9. The van der Waals surface area contributed by atoms with Gasteiger partial charge in [0, 0.05) is 13.1 Å². The summed E-state index contributed by atoms with van der Waals surface area (Å²) in [5.74, 6) is -0.108. The highest BCUT2D eigenvalue weighted by molar-refractivity contribution is 5.92. The second kappa shape index (κ2) is 9.31. The molecule has 0 atom stereocenters. The maximum Gasteiger partial charge on any atom is 0.269 e. The fraction of sp³-hybridized carbons (Fsp3) is 0.600. The molecule has 0 saturated carbocycles. The van der Waals surface area contributed by atoms with E-state index in [0.717, 1.165) is 38.0 Å². The zero-order chi connectivity index (χ0) is 14.8. The molecule has 1 aromatic rings. The van der Waals surface area contributed by atoms with Crippen LogP contribution in [0.1, 0.15) is 36.7 Å². The van der Waals surface area contributed by atoms with E-state index in [9.17, 15) is 4.79 Å². The smallest absolute Gasteiger partial charge is 0.269 e. The Balaban J connectivity index is 2.33. The number of hydrogen-bond donors (Lipinski definition) is 2. The molecule has 0 aliphatic carbocycles. The van der Waals surface area contributed by atoms with E-state index in [0.29, 0.717) is 12.2 Å². The largest absolute Gasteiger partial charge is 0.384 e. The van der Waals surface area contributed by atoms with Crippen LogP contribution in [0.25, 0.3) is 0 Å². The van der Waals surface area contributed by atoms with Crippen molar-refractivity contribution in [1.29, 1.82) is 0 Å². The number of amides is 1. The molecule has 112 valence electrons. The number of unbranched alkanes of at least 4 members (excludes halogenated alkanes) is 1. The van der Waals surface area contributed by atoms with Crippen molar-refractivity contribution in [3.8, 4) is 0 Å². The van der Waals surface area contributed by atoms with Gasteiger partial charge >= 0.3 is 0 Å². The predicted molar refractivity (Wildman–Crippen MR) is 83.1 cm³/mol. The van der Waals surface area contributed by atoms with E-state index in [1.54, 1.807) is 12.3 Å². The van der Waals surface area contributed by atoms with Gasteiger partial charge < -0.3 is 15.5 Å². The molecule has 1 heterocycles. The summed E-state index contributed by atoms with van der Waals surface area (Å²) in [5, 5.41) is 6.15. The normalized spacial score (nSPS) is 10.6. The summed E-state index contributed by atoms with van der Waals surface area (Å²) in [6.45, 7) is 4.74. The second-order valence-corrected chi connectivity index (χ2v) is 5.13. The van der Waals surface area contributed by atoms with E-state index in [2.05, 4.69) is 27.4 Å². The molecule has 20 heavy (non-hydrogen) atoms. The Morgan fingerprint density at radius 1 is 1.25 bits per heavy atom. The van der Waals surface area contributed by atoms with E-state index in [4.69, 9.17) is 0 Å². The SMILES string of the molecule is CCCCNc1ccc(C(=O)NCCCN(C)C)nc1. The number of hydrogen-bond acceptors (Lipinski definition) is 4. The molecule has 0 aromatic carbocycles. The summed E-state index contributed by atoms with van der Waals surface area (Å²) in [7, 11) is 4.04. The maximum absolute atomic E-state index is 11.9. The van der Waals surface area contributed by atoms with E-state index in [1.165, 1.54) is 0 Å². The average molecular weight is 278 g/mol. The standard InChI is InChI=1S/C15H26N4O/c1-4-5-9-16-13-7-8-14(18-12-13)15(20)17-10-6-11-19(2)3/h7-8,12,16H,4-6,9-11H2,1-3H3,(H,17,20). The first-order valence-electron chi connectivity index (χ1n) is 7.26. The number of anilines is 1. The lowest BCUT2D eigenvalue weighted by Crippen LogP contribution is -2.27. The van der Waals surface area contributed by atoms with Crippen molar-refractivity contribution in [2.24, 2.45) is 0 Å². The molecular weight excluding hydrogens is 252 g/mol. The summed E-state index contributed by atoms with van der Waals surface area (Å²) in [4.78, 5) is 18.1. The lowest BCUT2D eigenvalue weighted by molar-refractivity contribution is 0.0947. The zero-order valence-electron chi connectivity index (χ0n) is 12.8. The molecule has 5 heteroatoms. The molecule has 0 aliphatic rings. The first-order valence-corrected chi connectivity index (χ1v) is 7.26. The molecule has 0 spiro atoms. The average Bonchev–Trinajstić information content (AvgIpc) is 2.44. The van der Waals surface area contributed by atoms with E-state index in [1.807, 2.05) is 20.2 Å². The van der Waals surface area contributed by atoms with Crippen LogP contribution in [0.2, 0.25) is 0 Å². The number of carbonyl (C=O) groups is 1. The fourth-order valence-electron chi connectivity index (χ4n) is 1.73. The van der Waals surface area contributed by atoms with Crippen molar-refractivity contribution >= 4 is 11.6 Å². The van der Waals surface area contributed by atoms with Crippen molar-refractivity contribution in [1.82, 2.24) is 15.2 Å². The Morgan fingerprint density at radius 2 is 2.05 bits per heavy atom. The summed E-state index contributed by atoms with van der Waals surface area (Å²) in [5.41, 5.74) is 1.43. The van der Waals surface area contributed by atoms with Crippen LogP contribution in [0.4, 0.5) is 5.69 Å². The quantitative estimate of drug-likeness (QED) is 0.678. The summed E-state index contributed by atoms with van der Waals surface area (Å²) in [6, 6.07) is 3.66. The van der Waals surface area contributed by atoms with Crippen molar-refractivity contribution in [2.75, 3.05) is 39.0 Å². The Hall–Kier alpha value is -1.62. The van der Waals surface area contributed by atoms with Crippen molar-refractivity contribution in [3.63, 3.8) is 0 Å². The Kier molecular flexibility index (Phi) is 7.65. The maximum atomic E-state index is 11.9. The zero-order valence-corrected chi connectivity index (χ0v) is 12.8. The monoisotopic (exact) mass is 278 g/mol. The van der Waals surface area contributed by atoms with E-state index in [-0.39, 0.29) is 5.91 Å². The van der Waals surface area contributed by atoms with Crippen LogP contribution < -0.4 is 10.6 Å². The first-order chi connectivity index (χ1) is 9.63. The summed E-state index contributed by atoms with van der Waals surface area (Å²) < 4.78 is 0. The van der Waals surface area contributed by atoms with Crippen LogP contribution in [0.15, 0.2) is 18.3 Å². The van der Waals surface area contributed by atoms with E-state index < -0.39 is 0 Å². The van der Waals surface area contributed by atoms with Gasteiger partial charge in [0.15, 0.2) is 0 Å². The highest BCUT2D eigenvalue weighted by atomic mass is 16.1. The van der Waals surface area contributed by atoms with Gasteiger partial charge in [-0.2, -0.15) is 0 Å². The topological polar surface area (TPSA) is 57.3 Å². The third-order valence-electron chi connectivity index (χ3n) is 2.92. The minimum Gasteiger partial charge on any atom is -0.384 e. The molecule has 0 aliphatic heterocycles. The number of pyridine rings is 1. The third-order valence-corrected chi connectivity index (χ3v) is 2.92. The lowest BCUT2D eigenvalue weighted by atomic mass is 10.3. The van der Waals surface area contributed by atoms with Gasteiger partial charge in [-0.25, -0.2) is 4.98 Å².